The fraction of sp³-hybridized carbons (Fsp3) is 0.182. The van der Waals surface area contributed by atoms with Crippen molar-refractivity contribution in [3.8, 4) is 0 Å². The second-order valence-electron chi connectivity index (χ2n) is 3.26. The zero-order valence-corrected chi connectivity index (χ0v) is 8.75. The number of pyridine rings is 1. The van der Waals surface area contributed by atoms with Crippen molar-refractivity contribution in [2.24, 2.45) is 0 Å². The van der Waals surface area contributed by atoms with Crippen molar-refractivity contribution in [3.05, 3.63) is 56.6 Å². The van der Waals surface area contributed by atoms with Gasteiger partial charge in [0.25, 0.3) is 5.56 Å². The summed E-state index contributed by atoms with van der Waals surface area (Å²) in [6.07, 6.45) is 1.83. The molecule has 0 amide bonds. The minimum atomic E-state index is 0.0960. The topological polar surface area (TPSA) is 22.0 Å². The molecule has 0 N–H and O–H groups in total. The Hall–Kier alpha value is -1.35. The molecule has 14 heavy (non-hydrogen) atoms. The Balaban J connectivity index is 2.34. The van der Waals surface area contributed by atoms with Crippen molar-refractivity contribution >= 4 is 11.3 Å². The molecule has 2 aromatic rings. The molecule has 0 aliphatic carbocycles. The van der Waals surface area contributed by atoms with Gasteiger partial charge in [-0.15, -0.1) is 0 Å². The molecule has 0 saturated carbocycles. The maximum absolute atomic E-state index is 11.7. The number of aromatic nitrogens is 1. The van der Waals surface area contributed by atoms with Crippen molar-refractivity contribution in [2.75, 3.05) is 0 Å². The van der Waals surface area contributed by atoms with E-state index in [0.717, 1.165) is 5.56 Å². The molecule has 72 valence electrons. The Kier molecular flexibility index (Phi) is 2.50. The molecule has 0 aliphatic rings. The Labute approximate surface area is 86.4 Å². The summed E-state index contributed by atoms with van der Waals surface area (Å²) >= 11 is 1.65. The highest BCUT2D eigenvalue weighted by atomic mass is 32.1. The van der Waals surface area contributed by atoms with Crippen LogP contribution in [0.3, 0.4) is 0 Å². The predicted octanol–water partition coefficient (Wildman–Crippen LogP) is 2.27. The summed E-state index contributed by atoms with van der Waals surface area (Å²) in [6.45, 7) is 2.51. The highest BCUT2D eigenvalue weighted by Crippen LogP contribution is 2.06. The predicted molar refractivity (Wildman–Crippen MR) is 58.9 cm³/mol. The van der Waals surface area contributed by atoms with Crippen LogP contribution in [0.1, 0.15) is 11.1 Å². The summed E-state index contributed by atoms with van der Waals surface area (Å²) in [5.41, 5.74) is 2.07. The molecule has 0 fully saturated rings. The van der Waals surface area contributed by atoms with Crippen LogP contribution in [0.4, 0.5) is 0 Å². The van der Waals surface area contributed by atoms with E-state index in [-0.39, 0.29) is 5.56 Å². The molecule has 2 nitrogen and oxygen atoms in total. The first-order valence-electron chi connectivity index (χ1n) is 4.44. The van der Waals surface area contributed by atoms with Crippen LogP contribution in [0.5, 0.6) is 0 Å². The minimum absolute atomic E-state index is 0.0960. The van der Waals surface area contributed by atoms with Crippen LogP contribution in [-0.2, 0) is 6.54 Å². The van der Waals surface area contributed by atoms with E-state index in [1.807, 2.05) is 36.7 Å². The maximum atomic E-state index is 11.7. The van der Waals surface area contributed by atoms with Gasteiger partial charge in [0, 0.05) is 11.8 Å². The number of hydrogen-bond donors (Lipinski definition) is 0. The van der Waals surface area contributed by atoms with Crippen LogP contribution in [0.2, 0.25) is 0 Å². The largest absolute Gasteiger partial charge is 0.311 e. The monoisotopic (exact) mass is 205 g/mol. The van der Waals surface area contributed by atoms with Crippen LogP contribution in [-0.4, -0.2) is 4.57 Å². The quantitative estimate of drug-likeness (QED) is 0.737. The first kappa shape index (κ1) is 9.21. The lowest BCUT2D eigenvalue weighted by Gasteiger charge is -2.03. The van der Waals surface area contributed by atoms with Crippen LogP contribution < -0.4 is 5.56 Å². The van der Waals surface area contributed by atoms with Crippen LogP contribution in [0.25, 0.3) is 0 Å². The van der Waals surface area contributed by atoms with E-state index in [4.69, 9.17) is 0 Å². The van der Waals surface area contributed by atoms with Gasteiger partial charge in [-0.25, -0.2) is 0 Å². The van der Waals surface area contributed by atoms with Gasteiger partial charge in [0.1, 0.15) is 0 Å². The Morgan fingerprint density at radius 2 is 2.29 bits per heavy atom. The van der Waals surface area contributed by atoms with Gasteiger partial charge in [-0.3, -0.25) is 4.79 Å². The van der Waals surface area contributed by atoms with Crippen molar-refractivity contribution < 1.29 is 0 Å². The zero-order valence-electron chi connectivity index (χ0n) is 7.93. The summed E-state index contributed by atoms with van der Waals surface area (Å²) in [4.78, 5) is 11.7. The molecule has 0 atom stereocenters. The highest BCUT2D eigenvalue weighted by molar-refractivity contribution is 7.07. The van der Waals surface area contributed by atoms with Gasteiger partial charge in [-0.2, -0.15) is 11.3 Å². The molecule has 2 rings (SSSR count). The zero-order chi connectivity index (χ0) is 9.97. The lowest BCUT2D eigenvalue weighted by Crippen LogP contribution is -2.21. The van der Waals surface area contributed by atoms with E-state index in [1.54, 1.807) is 15.9 Å². The van der Waals surface area contributed by atoms with Crippen LogP contribution in [0.15, 0.2) is 40.0 Å². The lowest BCUT2D eigenvalue weighted by atomic mass is 10.3. The van der Waals surface area contributed by atoms with Gasteiger partial charge in [0.15, 0.2) is 0 Å². The Morgan fingerprint density at radius 3 is 3.00 bits per heavy atom. The van der Waals surface area contributed by atoms with Gasteiger partial charge in [0.2, 0.25) is 0 Å². The number of thiophene rings is 1. The number of aryl methyl sites for hydroxylation is 1. The van der Waals surface area contributed by atoms with Crippen molar-refractivity contribution in [3.63, 3.8) is 0 Å². The standard InChI is InChI=1S/C11H11NOS/c1-9-3-2-5-12(11(9)13)7-10-4-6-14-8-10/h2-6,8H,7H2,1H3. The normalized spacial score (nSPS) is 10.4. The third-order valence-electron chi connectivity index (χ3n) is 2.14. The summed E-state index contributed by atoms with van der Waals surface area (Å²) in [5, 5.41) is 4.09. The molecule has 2 heterocycles. The molecule has 2 aromatic heterocycles. The maximum Gasteiger partial charge on any atom is 0.253 e. The summed E-state index contributed by atoms with van der Waals surface area (Å²) in [6, 6.07) is 5.79. The fourth-order valence-corrected chi connectivity index (χ4v) is 2.02. The highest BCUT2D eigenvalue weighted by Gasteiger charge is 1.99. The molecule has 0 spiro atoms. The average molecular weight is 205 g/mol. The van der Waals surface area contributed by atoms with Crippen LogP contribution in [0, 0.1) is 6.92 Å². The number of hydrogen-bond acceptors (Lipinski definition) is 2. The first-order valence-corrected chi connectivity index (χ1v) is 5.39. The molecular formula is C11H11NOS. The first-order chi connectivity index (χ1) is 6.77. The van der Waals surface area contributed by atoms with E-state index in [9.17, 15) is 4.79 Å². The number of rotatable bonds is 2. The summed E-state index contributed by atoms with van der Waals surface area (Å²) in [7, 11) is 0. The summed E-state index contributed by atoms with van der Waals surface area (Å²) < 4.78 is 1.73. The Bertz CT molecular complexity index is 470. The van der Waals surface area contributed by atoms with E-state index in [1.165, 1.54) is 5.56 Å². The van der Waals surface area contributed by atoms with E-state index in [0.29, 0.717) is 6.54 Å². The van der Waals surface area contributed by atoms with Crippen molar-refractivity contribution in [2.45, 2.75) is 13.5 Å². The third kappa shape index (κ3) is 1.77. The molecule has 0 radical (unpaired) electrons. The van der Waals surface area contributed by atoms with Gasteiger partial charge < -0.3 is 4.57 Å². The fourth-order valence-electron chi connectivity index (χ4n) is 1.36. The smallest absolute Gasteiger partial charge is 0.253 e. The van der Waals surface area contributed by atoms with Crippen molar-refractivity contribution in [1.82, 2.24) is 4.57 Å². The SMILES string of the molecule is Cc1cccn(Cc2ccsc2)c1=O. The Morgan fingerprint density at radius 1 is 1.43 bits per heavy atom. The van der Waals surface area contributed by atoms with E-state index in [2.05, 4.69) is 5.38 Å². The minimum Gasteiger partial charge on any atom is -0.311 e. The molecule has 0 saturated heterocycles. The molecule has 3 heteroatoms. The number of nitrogens with zero attached hydrogens (tertiary/aromatic N) is 1. The van der Waals surface area contributed by atoms with E-state index >= 15 is 0 Å². The van der Waals surface area contributed by atoms with Gasteiger partial charge in [-0.05, 0) is 35.4 Å². The molecular weight excluding hydrogens is 194 g/mol. The third-order valence-corrected chi connectivity index (χ3v) is 2.88. The molecule has 0 bridgehead atoms. The van der Waals surface area contributed by atoms with E-state index < -0.39 is 0 Å². The lowest BCUT2D eigenvalue weighted by molar-refractivity contribution is 0.755. The van der Waals surface area contributed by atoms with Gasteiger partial charge in [-0.1, -0.05) is 6.07 Å². The second-order valence-corrected chi connectivity index (χ2v) is 4.04. The van der Waals surface area contributed by atoms with Crippen molar-refractivity contribution in [1.29, 1.82) is 0 Å². The average Bonchev–Trinajstić information content (AvgIpc) is 2.66. The molecule has 0 unspecified atom stereocenters. The second kappa shape index (κ2) is 3.80. The molecule has 0 aliphatic heterocycles. The molecule has 0 aromatic carbocycles. The van der Waals surface area contributed by atoms with Gasteiger partial charge in [0.05, 0.1) is 6.54 Å². The van der Waals surface area contributed by atoms with Crippen LogP contribution >= 0.6 is 11.3 Å². The summed E-state index contributed by atoms with van der Waals surface area (Å²) in [5.74, 6) is 0. The van der Waals surface area contributed by atoms with Gasteiger partial charge >= 0.3 is 0 Å².